The molecule has 0 radical (unpaired) electrons. The predicted molar refractivity (Wildman–Crippen MR) is 69.8 cm³/mol. The van der Waals surface area contributed by atoms with Gasteiger partial charge in [-0.3, -0.25) is 4.68 Å². The fourth-order valence-corrected chi connectivity index (χ4v) is 2.16. The molecule has 0 spiro atoms. The lowest BCUT2D eigenvalue weighted by atomic mass is 9.98. The Kier molecular flexibility index (Phi) is 3.95. The van der Waals surface area contributed by atoms with Crippen LogP contribution in [0.25, 0.3) is 0 Å². The third-order valence-corrected chi connectivity index (χ3v) is 3.28. The zero-order valence-electron chi connectivity index (χ0n) is 11.2. The van der Waals surface area contributed by atoms with Gasteiger partial charge in [-0.1, -0.05) is 13.0 Å². The van der Waals surface area contributed by atoms with Crippen molar-refractivity contribution in [2.24, 2.45) is 7.05 Å². The maximum absolute atomic E-state index is 13.9. The first-order chi connectivity index (χ1) is 9.06. The van der Waals surface area contributed by atoms with Gasteiger partial charge in [-0.25, -0.2) is 8.78 Å². The number of aromatic nitrogens is 2. The fourth-order valence-electron chi connectivity index (χ4n) is 2.16. The van der Waals surface area contributed by atoms with E-state index in [2.05, 4.69) is 10.4 Å². The minimum atomic E-state index is -0.547. The summed E-state index contributed by atoms with van der Waals surface area (Å²) in [6, 6.07) is 3.39. The van der Waals surface area contributed by atoms with Crippen molar-refractivity contribution >= 4 is 0 Å². The molecular weight excluding hydrogens is 248 g/mol. The van der Waals surface area contributed by atoms with Crippen molar-refractivity contribution in [3.8, 4) is 0 Å². The maximum Gasteiger partial charge on any atom is 0.131 e. The van der Waals surface area contributed by atoms with E-state index in [4.69, 9.17) is 0 Å². The summed E-state index contributed by atoms with van der Waals surface area (Å²) in [7, 11) is 1.81. The van der Waals surface area contributed by atoms with Crippen molar-refractivity contribution in [3.63, 3.8) is 0 Å². The first kappa shape index (κ1) is 13.7. The molecule has 102 valence electrons. The molecule has 1 unspecified atom stereocenters. The lowest BCUT2D eigenvalue weighted by Crippen LogP contribution is -2.24. The van der Waals surface area contributed by atoms with Crippen LogP contribution < -0.4 is 5.32 Å². The highest BCUT2D eigenvalue weighted by atomic mass is 19.1. The van der Waals surface area contributed by atoms with Gasteiger partial charge in [0.2, 0.25) is 0 Å². The van der Waals surface area contributed by atoms with Crippen LogP contribution in [-0.2, 0) is 7.05 Å². The summed E-state index contributed by atoms with van der Waals surface area (Å²) in [4.78, 5) is 0. The van der Waals surface area contributed by atoms with Gasteiger partial charge in [0.1, 0.15) is 11.6 Å². The van der Waals surface area contributed by atoms with E-state index in [0.29, 0.717) is 6.54 Å². The summed E-state index contributed by atoms with van der Waals surface area (Å²) in [5, 5.41) is 7.25. The van der Waals surface area contributed by atoms with Crippen LogP contribution in [0.15, 0.2) is 24.4 Å². The Morgan fingerprint density at radius 2 is 1.95 bits per heavy atom. The molecular formula is C14H17F2N3. The second-order valence-electron chi connectivity index (χ2n) is 4.43. The van der Waals surface area contributed by atoms with Gasteiger partial charge in [-0.05, 0) is 25.6 Å². The standard InChI is InChI=1S/C14H17F2N3/c1-4-17-14(10-8-18-19(3)9(10)2)13-11(15)6-5-7-12(13)16/h5-8,14,17H,4H2,1-3H3. The molecule has 0 saturated heterocycles. The average Bonchev–Trinajstić information content (AvgIpc) is 2.69. The summed E-state index contributed by atoms with van der Waals surface area (Å²) >= 11 is 0. The minimum absolute atomic E-state index is 0.0421. The Bertz CT molecular complexity index is 558. The van der Waals surface area contributed by atoms with Crippen molar-refractivity contribution in [1.82, 2.24) is 15.1 Å². The predicted octanol–water partition coefficient (Wildman–Crippen LogP) is 2.71. The van der Waals surface area contributed by atoms with Crippen molar-refractivity contribution in [3.05, 3.63) is 52.9 Å². The summed E-state index contributed by atoms with van der Waals surface area (Å²) in [5.41, 5.74) is 1.71. The third-order valence-electron chi connectivity index (χ3n) is 3.28. The van der Waals surface area contributed by atoms with Crippen LogP contribution in [0.5, 0.6) is 0 Å². The second kappa shape index (κ2) is 5.48. The van der Waals surface area contributed by atoms with Gasteiger partial charge in [-0.15, -0.1) is 0 Å². The quantitative estimate of drug-likeness (QED) is 0.921. The molecule has 1 N–H and O–H groups in total. The van der Waals surface area contributed by atoms with Crippen LogP contribution in [0.4, 0.5) is 8.78 Å². The number of benzene rings is 1. The number of nitrogens with one attached hydrogen (secondary N) is 1. The van der Waals surface area contributed by atoms with Crippen molar-refractivity contribution in [2.75, 3.05) is 6.54 Å². The second-order valence-corrected chi connectivity index (χ2v) is 4.43. The van der Waals surface area contributed by atoms with Gasteiger partial charge in [0.25, 0.3) is 0 Å². The number of rotatable bonds is 4. The molecule has 1 heterocycles. The molecule has 2 aromatic rings. The van der Waals surface area contributed by atoms with Gasteiger partial charge >= 0.3 is 0 Å². The Labute approximate surface area is 111 Å². The molecule has 0 fully saturated rings. The fraction of sp³-hybridized carbons (Fsp3) is 0.357. The molecule has 0 saturated carbocycles. The highest BCUT2D eigenvalue weighted by molar-refractivity contribution is 5.34. The summed E-state index contributed by atoms with van der Waals surface area (Å²) in [5.74, 6) is -1.09. The molecule has 0 aliphatic rings. The van der Waals surface area contributed by atoms with Gasteiger partial charge in [0.05, 0.1) is 12.2 Å². The number of hydrogen-bond acceptors (Lipinski definition) is 2. The van der Waals surface area contributed by atoms with E-state index in [1.807, 2.05) is 13.8 Å². The average molecular weight is 265 g/mol. The Morgan fingerprint density at radius 3 is 2.42 bits per heavy atom. The van der Waals surface area contributed by atoms with E-state index >= 15 is 0 Å². The first-order valence-electron chi connectivity index (χ1n) is 6.22. The van der Waals surface area contributed by atoms with Crippen LogP contribution in [0.1, 0.15) is 29.8 Å². The van der Waals surface area contributed by atoms with Crippen LogP contribution in [0.3, 0.4) is 0 Å². The van der Waals surface area contributed by atoms with E-state index in [1.165, 1.54) is 18.2 Å². The van der Waals surface area contributed by atoms with E-state index in [0.717, 1.165) is 11.3 Å². The molecule has 3 nitrogen and oxygen atoms in total. The Hall–Kier alpha value is -1.75. The van der Waals surface area contributed by atoms with E-state index in [1.54, 1.807) is 17.9 Å². The minimum Gasteiger partial charge on any atom is -0.306 e. The number of halogens is 2. The topological polar surface area (TPSA) is 29.9 Å². The molecule has 1 atom stereocenters. The zero-order valence-corrected chi connectivity index (χ0v) is 11.2. The largest absolute Gasteiger partial charge is 0.306 e. The maximum atomic E-state index is 13.9. The molecule has 5 heteroatoms. The summed E-state index contributed by atoms with van der Waals surface area (Å²) in [6.45, 7) is 4.38. The smallest absolute Gasteiger partial charge is 0.131 e. The summed E-state index contributed by atoms with van der Waals surface area (Å²) < 4.78 is 29.6. The highest BCUT2D eigenvalue weighted by Crippen LogP contribution is 2.28. The number of aryl methyl sites for hydroxylation is 1. The van der Waals surface area contributed by atoms with Crippen LogP contribution in [-0.4, -0.2) is 16.3 Å². The summed E-state index contributed by atoms with van der Waals surface area (Å²) in [6.07, 6.45) is 1.65. The van der Waals surface area contributed by atoms with Crippen LogP contribution in [0, 0.1) is 18.6 Å². The zero-order chi connectivity index (χ0) is 14.0. The van der Waals surface area contributed by atoms with Gasteiger partial charge < -0.3 is 5.32 Å². The molecule has 0 aliphatic carbocycles. The molecule has 2 rings (SSSR count). The molecule has 19 heavy (non-hydrogen) atoms. The van der Waals surface area contributed by atoms with Gasteiger partial charge in [0, 0.05) is 23.9 Å². The van der Waals surface area contributed by atoms with Gasteiger partial charge in [-0.2, -0.15) is 5.10 Å². The Morgan fingerprint density at radius 1 is 1.32 bits per heavy atom. The molecule has 1 aromatic heterocycles. The Balaban J connectivity index is 2.55. The van der Waals surface area contributed by atoms with Crippen molar-refractivity contribution in [2.45, 2.75) is 19.9 Å². The monoisotopic (exact) mass is 265 g/mol. The normalized spacial score (nSPS) is 12.7. The first-order valence-corrected chi connectivity index (χ1v) is 6.22. The molecule has 1 aromatic carbocycles. The van der Waals surface area contributed by atoms with Crippen LogP contribution in [0.2, 0.25) is 0 Å². The van der Waals surface area contributed by atoms with E-state index in [-0.39, 0.29) is 5.56 Å². The molecule has 0 bridgehead atoms. The number of hydrogen-bond donors (Lipinski definition) is 1. The highest BCUT2D eigenvalue weighted by Gasteiger charge is 2.24. The lowest BCUT2D eigenvalue weighted by Gasteiger charge is -2.19. The SMILES string of the molecule is CCNC(c1cnn(C)c1C)c1c(F)cccc1F. The van der Waals surface area contributed by atoms with E-state index in [9.17, 15) is 8.78 Å². The van der Waals surface area contributed by atoms with Crippen LogP contribution >= 0.6 is 0 Å². The van der Waals surface area contributed by atoms with Crippen molar-refractivity contribution in [1.29, 1.82) is 0 Å². The number of nitrogens with zero attached hydrogens (tertiary/aromatic N) is 2. The van der Waals surface area contributed by atoms with E-state index < -0.39 is 17.7 Å². The molecule has 0 amide bonds. The van der Waals surface area contributed by atoms with Gasteiger partial charge in [0.15, 0.2) is 0 Å². The van der Waals surface area contributed by atoms with Crippen molar-refractivity contribution < 1.29 is 8.78 Å². The lowest BCUT2D eigenvalue weighted by molar-refractivity contribution is 0.509. The molecule has 0 aliphatic heterocycles. The third kappa shape index (κ3) is 2.51.